The summed E-state index contributed by atoms with van der Waals surface area (Å²) >= 11 is 0. The number of ketones is 1. The SMILES string of the molecule is CCCCCC(O)CCC(C)=O. The van der Waals surface area contributed by atoms with Crippen molar-refractivity contribution in [3.05, 3.63) is 0 Å². The van der Waals surface area contributed by atoms with Crippen molar-refractivity contribution in [2.75, 3.05) is 0 Å². The summed E-state index contributed by atoms with van der Waals surface area (Å²) in [6, 6.07) is 0. The van der Waals surface area contributed by atoms with Crippen LogP contribution >= 0.6 is 0 Å². The molecule has 0 saturated heterocycles. The molecule has 0 aromatic carbocycles. The Morgan fingerprint density at radius 3 is 2.50 bits per heavy atom. The third-order valence-corrected chi connectivity index (χ3v) is 1.97. The van der Waals surface area contributed by atoms with Crippen molar-refractivity contribution in [3.8, 4) is 0 Å². The Balaban J connectivity index is 3.21. The minimum absolute atomic E-state index is 0.171. The normalized spacial score (nSPS) is 12.9. The fourth-order valence-corrected chi connectivity index (χ4v) is 1.14. The van der Waals surface area contributed by atoms with Crippen LogP contribution in [-0.2, 0) is 4.79 Å². The van der Waals surface area contributed by atoms with Crippen molar-refractivity contribution in [1.82, 2.24) is 0 Å². The van der Waals surface area contributed by atoms with Gasteiger partial charge in [0.05, 0.1) is 6.10 Å². The Labute approximate surface area is 75.0 Å². The van der Waals surface area contributed by atoms with Crippen LogP contribution in [0.2, 0.25) is 0 Å². The summed E-state index contributed by atoms with van der Waals surface area (Å²) < 4.78 is 0. The Morgan fingerprint density at radius 1 is 1.33 bits per heavy atom. The molecule has 0 amide bonds. The Kier molecular flexibility index (Phi) is 7.06. The number of carbonyl (C=O) groups is 1. The number of hydrogen-bond donors (Lipinski definition) is 1. The summed E-state index contributed by atoms with van der Waals surface area (Å²) in [4.78, 5) is 10.6. The second kappa shape index (κ2) is 7.29. The highest BCUT2D eigenvalue weighted by atomic mass is 16.3. The van der Waals surface area contributed by atoms with E-state index in [1.165, 1.54) is 12.8 Å². The van der Waals surface area contributed by atoms with Gasteiger partial charge in [-0.3, -0.25) is 0 Å². The van der Waals surface area contributed by atoms with E-state index in [0.29, 0.717) is 12.8 Å². The maximum absolute atomic E-state index is 10.6. The van der Waals surface area contributed by atoms with E-state index in [-0.39, 0.29) is 11.9 Å². The van der Waals surface area contributed by atoms with Gasteiger partial charge in [0.15, 0.2) is 0 Å². The minimum Gasteiger partial charge on any atom is -0.393 e. The second-order valence-corrected chi connectivity index (χ2v) is 3.39. The molecule has 0 radical (unpaired) electrons. The first-order valence-electron chi connectivity index (χ1n) is 4.84. The molecule has 1 atom stereocenters. The van der Waals surface area contributed by atoms with Gasteiger partial charge in [-0.1, -0.05) is 26.2 Å². The summed E-state index contributed by atoms with van der Waals surface area (Å²) in [5.74, 6) is 0.171. The van der Waals surface area contributed by atoms with E-state index in [2.05, 4.69) is 6.92 Å². The van der Waals surface area contributed by atoms with Crippen LogP contribution in [0.15, 0.2) is 0 Å². The topological polar surface area (TPSA) is 37.3 Å². The molecule has 0 aliphatic carbocycles. The van der Waals surface area contributed by atoms with Crippen molar-refractivity contribution < 1.29 is 9.90 Å². The van der Waals surface area contributed by atoms with Gasteiger partial charge in [0.1, 0.15) is 5.78 Å². The van der Waals surface area contributed by atoms with Crippen LogP contribution in [-0.4, -0.2) is 17.0 Å². The standard InChI is InChI=1S/C10H20O2/c1-3-4-5-6-10(12)8-7-9(2)11/h10,12H,3-8H2,1-2H3. The largest absolute Gasteiger partial charge is 0.393 e. The molecule has 1 N–H and O–H groups in total. The van der Waals surface area contributed by atoms with Crippen molar-refractivity contribution in [3.63, 3.8) is 0 Å². The molecule has 2 heteroatoms. The molecule has 0 aromatic rings. The number of Topliss-reactive ketones (excluding diaryl/α,β-unsaturated/α-hetero) is 1. The van der Waals surface area contributed by atoms with E-state index in [1.54, 1.807) is 6.92 Å². The number of aliphatic hydroxyl groups excluding tert-OH is 1. The third-order valence-electron chi connectivity index (χ3n) is 1.97. The first-order chi connectivity index (χ1) is 5.66. The van der Waals surface area contributed by atoms with Crippen LogP contribution in [0.4, 0.5) is 0 Å². The zero-order chi connectivity index (χ0) is 9.40. The Morgan fingerprint density at radius 2 is 2.00 bits per heavy atom. The molecule has 0 aliphatic rings. The molecule has 0 heterocycles. The monoisotopic (exact) mass is 172 g/mol. The smallest absolute Gasteiger partial charge is 0.129 e. The van der Waals surface area contributed by atoms with Gasteiger partial charge in [0.25, 0.3) is 0 Å². The van der Waals surface area contributed by atoms with Crippen molar-refractivity contribution in [2.45, 2.75) is 58.5 Å². The first kappa shape index (κ1) is 11.6. The molecule has 72 valence electrons. The molecule has 0 fully saturated rings. The van der Waals surface area contributed by atoms with Gasteiger partial charge in [-0.15, -0.1) is 0 Å². The highest BCUT2D eigenvalue weighted by Crippen LogP contribution is 2.08. The van der Waals surface area contributed by atoms with Gasteiger partial charge in [-0.2, -0.15) is 0 Å². The van der Waals surface area contributed by atoms with Crippen LogP contribution in [0.1, 0.15) is 52.4 Å². The third kappa shape index (κ3) is 7.73. The van der Waals surface area contributed by atoms with Gasteiger partial charge in [0.2, 0.25) is 0 Å². The number of unbranched alkanes of at least 4 members (excludes halogenated alkanes) is 2. The molecule has 12 heavy (non-hydrogen) atoms. The Hall–Kier alpha value is -0.370. The van der Waals surface area contributed by atoms with Crippen LogP contribution in [0.3, 0.4) is 0 Å². The summed E-state index contributed by atoms with van der Waals surface area (Å²) in [6.07, 6.45) is 5.18. The molecular formula is C10H20O2. The van der Waals surface area contributed by atoms with Crippen LogP contribution in [0.25, 0.3) is 0 Å². The van der Waals surface area contributed by atoms with Crippen LogP contribution in [0, 0.1) is 0 Å². The van der Waals surface area contributed by atoms with E-state index in [4.69, 9.17) is 0 Å². The summed E-state index contributed by atoms with van der Waals surface area (Å²) in [6.45, 7) is 3.71. The predicted octanol–water partition coefficient (Wildman–Crippen LogP) is 2.30. The number of rotatable bonds is 7. The number of hydrogen-bond acceptors (Lipinski definition) is 2. The lowest BCUT2D eigenvalue weighted by molar-refractivity contribution is -0.117. The van der Waals surface area contributed by atoms with E-state index < -0.39 is 0 Å². The molecule has 1 unspecified atom stereocenters. The first-order valence-corrected chi connectivity index (χ1v) is 4.84. The minimum atomic E-state index is -0.263. The lowest BCUT2D eigenvalue weighted by Crippen LogP contribution is -2.08. The van der Waals surface area contributed by atoms with Crippen molar-refractivity contribution >= 4 is 5.78 Å². The van der Waals surface area contributed by atoms with E-state index in [0.717, 1.165) is 12.8 Å². The highest BCUT2D eigenvalue weighted by Gasteiger charge is 2.04. The summed E-state index contributed by atoms with van der Waals surface area (Å²) in [5.41, 5.74) is 0. The fraction of sp³-hybridized carbons (Fsp3) is 0.900. The second-order valence-electron chi connectivity index (χ2n) is 3.39. The van der Waals surface area contributed by atoms with Crippen molar-refractivity contribution in [2.24, 2.45) is 0 Å². The highest BCUT2D eigenvalue weighted by molar-refractivity contribution is 5.75. The molecular weight excluding hydrogens is 152 g/mol. The average molecular weight is 172 g/mol. The molecule has 2 nitrogen and oxygen atoms in total. The molecule has 0 saturated carbocycles. The molecule has 0 spiro atoms. The van der Waals surface area contributed by atoms with E-state index >= 15 is 0 Å². The Bertz CT molecular complexity index is 121. The lowest BCUT2D eigenvalue weighted by Gasteiger charge is -2.07. The van der Waals surface area contributed by atoms with Gasteiger partial charge in [0, 0.05) is 6.42 Å². The molecule has 0 rings (SSSR count). The molecule has 0 aliphatic heterocycles. The van der Waals surface area contributed by atoms with Crippen molar-refractivity contribution in [1.29, 1.82) is 0 Å². The van der Waals surface area contributed by atoms with E-state index in [9.17, 15) is 9.90 Å². The maximum Gasteiger partial charge on any atom is 0.129 e. The van der Waals surface area contributed by atoms with Gasteiger partial charge in [-0.05, 0) is 19.8 Å². The van der Waals surface area contributed by atoms with Crippen LogP contribution in [0.5, 0.6) is 0 Å². The zero-order valence-electron chi connectivity index (χ0n) is 8.18. The molecule has 0 aromatic heterocycles. The van der Waals surface area contributed by atoms with Gasteiger partial charge < -0.3 is 9.90 Å². The fourth-order valence-electron chi connectivity index (χ4n) is 1.14. The maximum atomic E-state index is 10.6. The summed E-state index contributed by atoms with van der Waals surface area (Å²) in [7, 11) is 0. The number of carbonyl (C=O) groups excluding carboxylic acids is 1. The van der Waals surface area contributed by atoms with Gasteiger partial charge in [-0.25, -0.2) is 0 Å². The quantitative estimate of drug-likeness (QED) is 0.598. The van der Waals surface area contributed by atoms with Gasteiger partial charge >= 0.3 is 0 Å². The summed E-state index contributed by atoms with van der Waals surface area (Å²) in [5, 5.41) is 9.37. The zero-order valence-corrected chi connectivity index (χ0v) is 8.18. The predicted molar refractivity (Wildman–Crippen MR) is 50.1 cm³/mol. The van der Waals surface area contributed by atoms with E-state index in [1.807, 2.05) is 0 Å². The average Bonchev–Trinajstić information content (AvgIpc) is 2.01. The number of aliphatic hydroxyl groups is 1. The lowest BCUT2D eigenvalue weighted by atomic mass is 10.1. The molecule has 0 bridgehead atoms. The van der Waals surface area contributed by atoms with Crippen LogP contribution < -0.4 is 0 Å².